The van der Waals surface area contributed by atoms with E-state index in [1.807, 2.05) is 0 Å². The SMILES string of the molecule is CCCCCCNCCS(C)=O. The van der Waals surface area contributed by atoms with Crippen molar-refractivity contribution >= 4 is 10.8 Å². The molecule has 0 spiro atoms. The first-order valence-corrected chi connectivity index (χ1v) is 6.50. The van der Waals surface area contributed by atoms with Crippen LogP contribution in [-0.2, 0) is 10.8 Å². The van der Waals surface area contributed by atoms with E-state index in [9.17, 15) is 4.21 Å². The topological polar surface area (TPSA) is 29.1 Å². The molecule has 0 saturated heterocycles. The highest BCUT2D eigenvalue weighted by atomic mass is 32.2. The van der Waals surface area contributed by atoms with E-state index in [-0.39, 0.29) is 0 Å². The van der Waals surface area contributed by atoms with Crippen molar-refractivity contribution in [2.45, 2.75) is 32.6 Å². The Labute approximate surface area is 78.6 Å². The molecule has 1 N–H and O–H groups in total. The van der Waals surface area contributed by atoms with E-state index in [4.69, 9.17) is 0 Å². The molecule has 3 heteroatoms. The molecule has 0 fully saturated rings. The first-order valence-electron chi connectivity index (χ1n) is 4.78. The van der Waals surface area contributed by atoms with E-state index in [0.717, 1.165) is 18.8 Å². The number of rotatable bonds is 8. The second-order valence-corrected chi connectivity index (χ2v) is 4.64. The molecule has 0 aromatic heterocycles. The molecule has 1 unspecified atom stereocenters. The third kappa shape index (κ3) is 10.1. The molecule has 12 heavy (non-hydrogen) atoms. The highest BCUT2D eigenvalue weighted by molar-refractivity contribution is 7.84. The van der Waals surface area contributed by atoms with Crippen molar-refractivity contribution < 1.29 is 4.21 Å². The minimum Gasteiger partial charge on any atom is -0.316 e. The van der Waals surface area contributed by atoms with Crippen molar-refractivity contribution in [2.24, 2.45) is 0 Å². The monoisotopic (exact) mass is 191 g/mol. The summed E-state index contributed by atoms with van der Waals surface area (Å²) in [6, 6.07) is 0. The minimum atomic E-state index is -0.637. The van der Waals surface area contributed by atoms with Gasteiger partial charge in [0.05, 0.1) is 0 Å². The third-order valence-electron chi connectivity index (χ3n) is 1.77. The molecule has 0 rings (SSSR count). The molecule has 0 bridgehead atoms. The molecule has 0 aliphatic carbocycles. The first-order chi connectivity index (χ1) is 5.77. The fraction of sp³-hybridized carbons (Fsp3) is 1.00. The van der Waals surface area contributed by atoms with Gasteiger partial charge in [-0.2, -0.15) is 0 Å². The molecular weight excluding hydrogens is 170 g/mol. The van der Waals surface area contributed by atoms with Gasteiger partial charge in [-0.25, -0.2) is 0 Å². The minimum absolute atomic E-state index is 0.637. The van der Waals surface area contributed by atoms with Crippen molar-refractivity contribution in [1.82, 2.24) is 5.32 Å². The average Bonchev–Trinajstić information content (AvgIpc) is 2.02. The van der Waals surface area contributed by atoms with Crippen molar-refractivity contribution in [3.05, 3.63) is 0 Å². The van der Waals surface area contributed by atoms with Gasteiger partial charge in [-0.05, 0) is 13.0 Å². The standard InChI is InChI=1S/C9H21NOS/c1-3-4-5-6-7-10-8-9-12(2)11/h10H,3-9H2,1-2H3. The highest BCUT2D eigenvalue weighted by Gasteiger charge is 1.90. The van der Waals surface area contributed by atoms with Crippen molar-refractivity contribution in [3.63, 3.8) is 0 Å². The van der Waals surface area contributed by atoms with E-state index in [1.165, 1.54) is 25.7 Å². The summed E-state index contributed by atoms with van der Waals surface area (Å²) in [7, 11) is -0.637. The zero-order chi connectivity index (χ0) is 9.23. The fourth-order valence-electron chi connectivity index (χ4n) is 1.02. The van der Waals surface area contributed by atoms with Gasteiger partial charge in [0.15, 0.2) is 0 Å². The summed E-state index contributed by atoms with van der Waals surface area (Å²) in [5.41, 5.74) is 0. The maximum absolute atomic E-state index is 10.7. The molecule has 0 saturated carbocycles. The zero-order valence-electron chi connectivity index (χ0n) is 8.27. The predicted octanol–water partition coefficient (Wildman–Crippen LogP) is 1.53. The van der Waals surface area contributed by atoms with Crippen molar-refractivity contribution in [3.8, 4) is 0 Å². The van der Waals surface area contributed by atoms with Gasteiger partial charge in [0, 0.05) is 29.4 Å². The molecule has 0 aliphatic rings. The highest BCUT2D eigenvalue weighted by Crippen LogP contribution is 1.96. The van der Waals surface area contributed by atoms with Gasteiger partial charge in [-0.15, -0.1) is 0 Å². The quantitative estimate of drug-likeness (QED) is 0.590. The third-order valence-corrected chi connectivity index (χ3v) is 2.55. The molecule has 0 amide bonds. The van der Waals surface area contributed by atoms with Crippen LogP contribution in [0.2, 0.25) is 0 Å². The van der Waals surface area contributed by atoms with E-state index in [2.05, 4.69) is 12.2 Å². The van der Waals surface area contributed by atoms with Crippen LogP contribution in [0.1, 0.15) is 32.6 Å². The normalized spacial score (nSPS) is 13.2. The van der Waals surface area contributed by atoms with Crippen molar-refractivity contribution in [2.75, 3.05) is 25.1 Å². The maximum Gasteiger partial charge on any atom is 0.0357 e. The van der Waals surface area contributed by atoms with Gasteiger partial charge in [0.1, 0.15) is 0 Å². The van der Waals surface area contributed by atoms with Crippen LogP contribution in [0.3, 0.4) is 0 Å². The Bertz CT molecular complexity index is 117. The molecule has 0 aromatic carbocycles. The van der Waals surface area contributed by atoms with Gasteiger partial charge in [0.2, 0.25) is 0 Å². The average molecular weight is 191 g/mol. The Morgan fingerprint density at radius 2 is 1.92 bits per heavy atom. The van der Waals surface area contributed by atoms with E-state index in [0.29, 0.717) is 0 Å². The van der Waals surface area contributed by atoms with Gasteiger partial charge >= 0.3 is 0 Å². The van der Waals surface area contributed by atoms with Gasteiger partial charge in [0.25, 0.3) is 0 Å². The Kier molecular flexibility index (Phi) is 9.28. The van der Waals surface area contributed by atoms with Crippen molar-refractivity contribution in [1.29, 1.82) is 0 Å². The van der Waals surface area contributed by atoms with Crippen LogP contribution in [0.4, 0.5) is 0 Å². The molecular formula is C9H21NOS. The summed E-state index contributed by atoms with van der Waals surface area (Å²) in [6.07, 6.45) is 6.95. The summed E-state index contributed by atoms with van der Waals surface area (Å²) >= 11 is 0. The molecule has 1 atom stereocenters. The lowest BCUT2D eigenvalue weighted by Gasteiger charge is -2.02. The summed E-state index contributed by atoms with van der Waals surface area (Å²) in [4.78, 5) is 0. The summed E-state index contributed by atoms with van der Waals surface area (Å²) < 4.78 is 10.7. The lowest BCUT2D eigenvalue weighted by Crippen LogP contribution is -2.21. The van der Waals surface area contributed by atoms with Crippen LogP contribution >= 0.6 is 0 Å². The van der Waals surface area contributed by atoms with Crippen LogP contribution in [0.15, 0.2) is 0 Å². The fourth-order valence-corrected chi connectivity index (χ4v) is 1.45. The van der Waals surface area contributed by atoms with E-state index >= 15 is 0 Å². The molecule has 2 nitrogen and oxygen atoms in total. The van der Waals surface area contributed by atoms with E-state index in [1.54, 1.807) is 6.26 Å². The molecule has 74 valence electrons. The molecule has 0 heterocycles. The van der Waals surface area contributed by atoms with Crippen LogP contribution < -0.4 is 5.32 Å². The largest absolute Gasteiger partial charge is 0.316 e. The Balaban J connectivity index is 2.86. The summed E-state index contributed by atoms with van der Waals surface area (Å²) in [5.74, 6) is 0.785. The molecule has 0 aromatic rings. The first kappa shape index (κ1) is 12.1. The maximum atomic E-state index is 10.7. The number of hydrogen-bond acceptors (Lipinski definition) is 2. The Morgan fingerprint density at radius 1 is 1.17 bits per heavy atom. The Morgan fingerprint density at radius 3 is 2.50 bits per heavy atom. The number of nitrogens with one attached hydrogen (secondary N) is 1. The van der Waals surface area contributed by atoms with E-state index < -0.39 is 10.8 Å². The number of hydrogen-bond donors (Lipinski definition) is 1. The molecule has 0 radical (unpaired) electrons. The van der Waals surface area contributed by atoms with Crippen LogP contribution in [0.25, 0.3) is 0 Å². The smallest absolute Gasteiger partial charge is 0.0357 e. The lowest BCUT2D eigenvalue weighted by molar-refractivity contribution is 0.610. The second-order valence-electron chi connectivity index (χ2n) is 3.09. The second kappa shape index (κ2) is 9.20. The van der Waals surface area contributed by atoms with Crippen LogP contribution in [0.5, 0.6) is 0 Å². The summed E-state index contributed by atoms with van der Waals surface area (Å²) in [5, 5.41) is 3.28. The number of unbranched alkanes of at least 4 members (excludes halogenated alkanes) is 3. The zero-order valence-corrected chi connectivity index (χ0v) is 9.08. The predicted molar refractivity (Wildman–Crippen MR) is 55.9 cm³/mol. The van der Waals surface area contributed by atoms with Gasteiger partial charge in [-0.1, -0.05) is 26.2 Å². The van der Waals surface area contributed by atoms with Gasteiger partial charge < -0.3 is 5.32 Å². The molecule has 0 aliphatic heterocycles. The van der Waals surface area contributed by atoms with Crippen LogP contribution in [-0.4, -0.2) is 29.3 Å². The lowest BCUT2D eigenvalue weighted by atomic mass is 10.2. The summed E-state index contributed by atoms with van der Waals surface area (Å²) in [6.45, 7) is 4.19. The Hall–Kier alpha value is 0.110. The van der Waals surface area contributed by atoms with Crippen LogP contribution in [0, 0.1) is 0 Å². The van der Waals surface area contributed by atoms with Gasteiger partial charge in [-0.3, -0.25) is 4.21 Å².